The summed E-state index contributed by atoms with van der Waals surface area (Å²) in [6.07, 6.45) is 2.65. The Balaban J connectivity index is 1.82. The van der Waals surface area contributed by atoms with Gasteiger partial charge in [0.2, 0.25) is 5.75 Å². The van der Waals surface area contributed by atoms with Crippen molar-refractivity contribution < 1.29 is 23.5 Å². The van der Waals surface area contributed by atoms with Crippen LogP contribution in [0.5, 0.6) is 23.0 Å². The predicted molar refractivity (Wildman–Crippen MR) is 96.2 cm³/mol. The SMILES string of the molecule is COc1cc(-c2oncc2-c2ccc3c(c2)OCC3)cc(OC)c1OC. The average molecular weight is 353 g/mol. The van der Waals surface area contributed by atoms with Crippen molar-refractivity contribution in [2.45, 2.75) is 6.42 Å². The van der Waals surface area contributed by atoms with Gasteiger partial charge in [0.05, 0.1) is 34.1 Å². The fraction of sp³-hybridized carbons (Fsp3) is 0.250. The van der Waals surface area contributed by atoms with Crippen LogP contribution < -0.4 is 18.9 Å². The van der Waals surface area contributed by atoms with E-state index in [0.29, 0.717) is 23.0 Å². The average Bonchev–Trinajstić information content (AvgIpc) is 3.35. The lowest BCUT2D eigenvalue weighted by molar-refractivity contribution is 0.324. The zero-order valence-electron chi connectivity index (χ0n) is 14.9. The third-order valence-electron chi connectivity index (χ3n) is 4.50. The van der Waals surface area contributed by atoms with Crippen molar-refractivity contribution in [2.24, 2.45) is 0 Å². The Bertz CT molecular complexity index is 922. The summed E-state index contributed by atoms with van der Waals surface area (Å²) in [6.45, 7) is 0.724. The van der Waals surface area contributed by atoms with Crippen LogP contribution in [-0.2, 0) is 6.42 Å². The van der Waals surface area contributed by atoms with E-state index in [1.807, 2.05) is 18.2 Å². The molecule has 134 valence electrons. The van der Waals surface area contributed by atoms with E-state index in [0.717, 1.165) is 35.5 Å². The highest BCUT2D eigenvalue weighted by Gasteiger charge is 2.21. The quantitative estimate of drug-likeness (QED) is 0.692. The summed E-state index contributed by atoms with van der Waals surface area (Å²) >= 11 is 0. The first kappa shape index (κ1) is 16.3. The van der Waals surface area contributed by atoms with Gasteiger partial charge < -0.3 is 23.5 Å². The third-order valence-corrected chi connectivity index (χ3v) is 4.50. The molecule has 0 unspecified atom stereocenters. The summed E-state index contributed by atoms with van der Waals surface area (Å²) in [4.78, 5) is 0. The highest BCUT2D eigenvalue weighted by atomic mass is 16.5. The first-order valence-electron chi connectivity index (χ1n) is 8.26. The van der Waals surface area contributed by atoms with E-state index in [2.05, 4.69) is 17.3 Å². The van der Waals surface area contributed by atoms with Crippen LogP contribution in [0, 0.1) is 0 Å². The van der Waals surface area contributed by atoms with E-state index < -0.39 is 0 Å². The summed E-state index contributed by atoms with van der Waals surface area (Å²) in [5.74, 6) is 3.19. The predicted octanol–water partition coefficient (Wildman–Crippen LogP) is 3.97. The number of benzene rings is 2. The van der Waals surface area contributed by atoms with E-state index in [1.54, 1.807) is 27.5 Å². The highest BCUT2D eigenvalue weighted by molar-refractivity contribution is 5.82. The maximum atomic E-state index is 5.68. The summed E-state index contributed by atoms with van der Waals surface area (Å²) in [6, 6.07) is 9.85. The summed E-state index contributed by atoms with van der Waals surface area (Å²) in [7, 11) is 4.74. The smallest absolute Gasteiger partial charge is 0.203 e. The highest BCUT2D eigenvalue weighted by Crippen LogP contribution is 2.43. The Hall–Kier alpha value is -3.15. The van der Waals surface area contributed by atoms with Crippen molar-refractivity contribution in [3.8, 4) is 45.4 Å². The fourth-order valence-electron chi connectivity index (χ4n) is 3.20. The molecule has 3 aromatic rings. The molecule has 2 aromatic carbocycles. The van der Waals surface area contributed by atoms with E-state index in [4.69, 9.17) is 23.5 Å². The molecule has 1 aromatic heterocycles. The van der Waals surface area contributed by atoms with Crippen LogP contribution in [0.15, 0.2) is 41.1 Å². The van der Waals surface area contributed by atoms with Crippen LogP contribution in [0.2, 0.25) is 0 Å². The molecule has 0 N–H and O–H groups in total. The maximum absolute atomic E-state index is 5.68. The molecule has 0 saturated heterocycles. The molecule has 4 rings (SSSR count). The minimum Gasteiger partial charge on any atom is -0.493 e. The Labute approximate surface area is 151 Å². The van der Waals surface area contributed by atoms with Crippen LogP contribution in [0.4, 0.5) is 0 Å². The molecule has 1 aliphatic rings. The number of hydrogen-bond acceptors (Lipinski definition) is 6. The number of methoxy groups -OCH3 is 3. The number of aromatic nitrogens is 1. The van der Waals surface area contributed by atoms with Gasteiger partial charge in [0.1, 0.15) is 5.75 Å². The standard InChI is InChI=1S/C20H19NO5/c1-22-17-9-14(10-18(23-2)20(17)24-3)19-15(11-21-26-19)13-5-4-12-6-7-25-16(12)8-13/h4-5,8-11H,6-7H2,1-3H3. The van der Waals surface area contributed by atoms with E-state index in [9.17, 15) is 0 Å². The van der Waals surface area contributed by atoms with Crippen molar-refractivity contribution in [2.75, 3.05) is 27.9 Å². The zero-order chi connectivity index (χ0) is 18.1. The molecule has 0 radical (unpaired) electrons. The summed E-state index contributed by atoms with van der Waals surface area (Å²) in [5.41, 5.74) is 3.86. The van der Waals surface area contributed by atoms with E-state index >= 15 is 0 Å². The minimum absolute atomic E-state index is 0.533. The molecule has 0 bridgehead atoms. The van der Waals surface area contributed by atoms with Crippen LogP contribution in [0.25, 0.3) is 22.5 Å². The minimum atomic E-state index is 0.533. The van der Waals surface area contributed by atoms with Gasteiger partial charge in [0.15, 0.2) is 17.3 Å². The largest absolute Gasteiger partial charge is 0.493 e. The van der Waals surface area contributed by atoms with Gasteiger partial charge in [-0.2, -0.15) is 0 Å². The van der Waals surface area contributed by atoms with Gasteiger partial charge in [-0.15, -0.1) is 0 Å². The molecule has 26 heavy (non-hydrogen) atoms. The second-order valence-electron chi connectivity index (χ2n) is 5.90. The fourth-order valence-corrected chi connectivity index (χ4v) is 3.20. The van der Waals surface area contributed by atoms with Gasteiger partial charge >= 0.3 is 0 Å². The molecule has 0 atom stereocenters. The lowest BCUT2D eigenvalue weighted by atomic mass is 10.00. The van der Waals surface area contributed by atoms with Gasteiger partial charge in [-0.1, -0.05) is 17.3 Å². The molecule has 0 spiro atoms. The second kappa shape index (κ2) is 6.63. The summed E-state index contributed by atoms with van der Waals surface area (Å²) in [5, 5.41) is 3.99. The van der Waals surface area contributed by atoms with Crippen LogP contribution in [0.3, 0.4) is 0 Å². The number of nitrogens with zero attached hydrogens (tertiary/aromatic N) is 1. The normalized spacial score (nSPS) is 12.4. The van der Waals surface area contributed by atoms with Crippen molar-refractivity contribution in [1.82, 2.24) is 5.16 Å². The van der Waals surface area contributed by atoms with Crippen LogP contribution in [-0.4, -0.2) is 33.1 Å². The van der Waals surface area contributed by atoms with Crippen molar-refractivity contribution >= 4 is 0 Å². The van der Waals surface area contributed by atoms with Gasteiger partial charge in [0, 0.05) is 17.5 Å². The molecule has 0 amide bonds. The first-order chi connectivity index (χ1) is 12.7. The summed E-state index contributed by atoms with van der Waals surface area (Å²) < 4.78 is 27.5. The van der Waals surface area contributed by atoms with Crippen molar-refractivity contribution in [1.29, 1.82) is 0 Å². The van der Waals surface area contributed by atoms with E-state index in [-0.39, 0.29) is 0 Å². The van der Waals surface area contributed by atoms with Crippen LogP contribution in [0.1, 0.15) is 5.56 Å². The lowest BCUT2D eigenvalue weighted by Gasteiger charge is -2.13. The second-order valence-corrected chi connectivity index (χ2v) is 5.90. The zero-order valence-corrected chi connectivity index (χ0v) is 14.9. The van der Waals surface area contributed by atoms with Crippen LogP contribution >= 0.6 is 0 Å². The van der Waals surface area contributed by atoms with Crippen molar-refractivity contribution in [3.05, 3.63) is 42.1 Å². The number of rotatable bonds is 5. The number of ether oxygens (including phenoxy) is 4. The molecule has 1 aliphatic heterocycles. The van der Waals surface area contributed by atoms with Gasteiger partial charge in [-0.25, -0.2) is 0 Å². The molecule has 6 heteroatoms. The number of fused-ring (bicyclic) bond motifs is 1. The molecule has 0 saturated carbocycles. The van der Waals surface area contributed by atoms with Crippen molar-refractivity contribution in [3.63, 3.8) is 0 Å². The third kappa shape index (κ3) is 2.63. The molecular formula is C20H19NO5. The van der Waals surface area contributed by atoms with Gasteiger partial charge in [-0.05, 0) is 29.3 Å². The molecule has 0 aliphatic carbocycles. The Morgan fingerprint density at radius 2 is 1.69 bits per heavy atom. The Morgan fingerprint density at radius 1 is 0.923 bits per heavy atom. The Morgan fingerprint density at radius 3 is 2.38 bits per heavy atom. The lowest BCUT2D eigenvalue weighted by Crippen LogP contribution is -1.95. The molecule has 2 heterocycles. The Kier molecular flexibility index (Phi) is 4.16. The molecular weight excluding hydrogens is 334 g/mol. The molecule has 6 nitrogen and oxygen atoms in total. The maximum Gasteiger partial charge on any atom is 0.203 e. The van der Waals surface area contributed by atoms with E-state index in [1.165, 1.54) is 5.56 Å². The molecule has 0 fully saturated rings. The monoisotopic (exact) mass is 353 g/mol. The topological polar surface area (TPSA) is 63.0 Å². The number of hydrogen-bond donors (Lipinski definition) is 0. The van der Waals surface area contributed by atoms with Gasteiger partial charge in [-0.3, -0.25) is 0 Å². The van der Waals surface area contributed by atoms with Gasteiger partial charge in [0.25, 0.3) is 0 Å². The first-order valence-corrected chi connectivity index (χ1v) is 8.26.